The van der Waals surface area contributed by atoms with Gasteiger partial charge in [0.05, 0.1) is 16.8 Å². The van der Waals surface area contributed by atoms with Crippen molar-refractivity contribution < 1.29 is 14.4 Å². The molecule has 8 heteroatoms. The maximum absolute atomic E-state index is 11.9. The first-order chi connectivity index (χ1) is 10.1. The molecule has 112 valence electrons. The number of cyclic esters (lactones) is 1. The van der Waals surface area contributed by atoms with Crippen molar-refractivity contribution in [3.8, 4) is 0 Å². The standard InChI is InChI=1S/C13H16N4O3S/c1-16-10-4-3-8(5-11(10)21-12(16)15-19-2)17-7-9(6-14)20-13(17)18/h3-5,9H,6-7,14H2,1-2H3/t9-/m1/s1. The summed E-state index contributed by atoms with van der Waals surface area (Å²) in [6.07, 6.45) is -0.598. The molecule has 1 amide bonds. The molecule has 1 aliphatic rings. The van der Waals surface area contributed by atoms with Gasteiger partial charge in [0.15, 0.2) is 0 Å². The van der Waals surface area contributed by atoms with E-state index >= 15 is 0 Å². The van der Waals surface area contributed by atoms with Gasteiger partial charge in [-0.05, 0) is 18.2 Å². The molecule has 0 spiro atoms. The van der Waals surface area contributed by atoms with Crippen molar-refractivity contribution in [3.63, 3.8) is 0 Å². The van der Waals surface area contributed by atoms with Gasteiger partial charge < -0.3 is 19.9 Å². The summed E-state index contributed by atoms with van der Waals surface area (Å²) in [5.74, 6) is 0. The first-order valence-electron chi connectivity index (χ1n) is 6.49. The molecule has 21 heavy (non-hydrogen) atoms. The van der Waals surface area contributed by atoms with Crippen molar-refractivity contribution in [3.05, 3.63) is 23.0 Å². The Labute approximate surface area is 125 Å². The molecule has 2 heterocycles. The molecule has 2 N–H and O–H groups in total. The number of rotatable bonds is 3. The van der Waals surface area contributed by atoms with Gasteiger partial charge >= 0.3 is 6.09 Å². The number of amides is 1. The summed E-state index contributed by atoms with van der Waals surface area (Å²) in [6, 6.07) is 5.81. The van der Waals surface area contributed by atoms with Gasteiger partial charge in [0.25, 0.3) is 0 Å². The Balaban J connectivity index is 2.02. The number of carbonyl (C=O) groups excluding carboxylic acids is 1. The van der Waals surface area contributed by atoms with E-state index in [-0.39, 0.29) is 12.2 Å². The molecular formula is C13H16N4O3S. The molecule has 0 radical (unpaired) electrons. The van der Waals surface area contributed by atoms with Crippen molar-refractivity contribution in [2.45, 2.75) is 6.10 Å². The van der Waals surface area contributed by atoms with Crippen molar-refractivity contribution >= 4 is 33.3 Å². The van der Waals surface area contributed by atoms with Gasteiger partial charge in [0.2, 0.25) is 4.80 Å². The zero-order valence-electron chi connectivity index (χ0n) is 11.8. The Kier molecular flexibility index (Phi) is 3.56. The van der Waals surface area contributed by atoms with Gasteiger partial charge in [-0.3, -0.25) is 4.90 Å². The van der Waals surface area contributed by atoms with E-state index in [1.165, 1.54) is 18.4 Å². The largest absolute Gasteiger partial charge is 0.443 e. The third kappa shape index (κ3) is 2.36. The number of thiazole rings is 1. The lowest BCUT2D eigenvalue weighted by molar-refractivity contribution is 0.145. The predicted octanol–water partition coefficient (Wildman–Crippen LogP) is 0.986. The molecular weight excluding hydrogens is 292 g/mol. The van der Waals surface area contributed by atoms with Crippen molar-refractivity contribution in [2.75, 3.05) is 25.1 Å². The third-order valence-corrected chi connectivity index (χ3v) is 4.49. The Morgan fingerprint density at radius 2 is 2.38 bits per heavy atom. The lowest BCUT2D eigenvalue weighted by Crippen LogP contribution is -2.27. The highest BCUT2D eigenvalue weighted by atomic mass is 32.1. The number of anilines is 1. The quantitative estimate of drug-likeness (QED) is 0.857. The summed E-state index contributed by atoms with van der Waals surface area (Å²) in [5, 5.41) is 3.97. The topological polar surface area (TPSA) is 82.1 Å². The van der Waals surface area contributed by atoms with Crippen molar-refractivity contribution in [1.29, 1.82) is 0 Å². The maximum Gasteiger partial charge on any atom is 0.414 e. The lowest BCUT2D eigenvalue weighted by atomic mass is 10.2. The van der Waals surface area contributed by atoms with E-state index in [4.69, 9.17) is 15.3 Å². The Morgan fingerprint density at radius 1 is 1.57 bits per heavy atom. The van der Waals surface area contributed by atoms with E-state index in [0.717, 1.165) is 20.7 Å². The van der Waals surface area contributed by atoms with Crippen LogP contribution >= 0.6 is 11.3 Å². The van der Waals surface area contributed by atoms with Crippen LogP contribution < -0.4 is 15.4 Å². The van der Waals surface area contributed by atoms with Crippen LogP contribution in [-0.4, -0.2) is 37.0 Å². The van der Waals surface area contributed by atoms with Gasteiger partial charge in [-0.25, -0.2) is 4.79 Å². The van der Waals surface area contributed by atoms with Crippen LogP contribution in [0.2, 0.25) is 0 Å². The van der Waals surface area contributed by atoms with Gasteiger partial charge in [-0.2, -0.15) is 0 Å². The SMILES string of the molecule is CON=c1sc2cc(N3C[C@@H](CN)OC3=O)ccc2n1C. The number of benzene rings is 1. The summed E-state index contributed by atoms with van der Waals surface area (Å²) in [5.41, 5.74) is 7.38. The van der Waals surface area contributed by atoms with E-state index in [0.29, 0.717) is 13.1 Å². The number of ether oxygens (including phenoxy) is 1. The van der Waals surface area contributed by atoms with Crippen LogP contribution in [0.25, 0.3) is 10.2 Å². The fraction of sp³-hybridized carbons (Fsp3) is 0.385. The number of hydrogen-bond donors (Lipinski definition) is 1. The molecule has 1 atom stereocenters. The molecule has 0 saturated carbocycles. The minimum Gasteiger partial charge on any atom is -0.443 e. The smallest absolute Gasteiger partial charge is 0.414 e. The summed E-state index contributed by atoms with van der Waals surface area (Å²) >= 11 is 1.50. The van der Waals surface area contributed by atoms with E-state index in [1.54, 1.807) is 4.90 Å². The van der Waals surface area contributed by atoms with E-state index in [1.807, 2.05) is 29.8 Å². The maximum atomic E-state index is 11.9. The average Bonchev–Trinajstić information content (AvgIpc) is 3.00. The van der Waals surface area contributed by atoms with Crippen molar-refractivity contribution in [2.24, 2.45) is 17.9 Å². The van der Waals surface area contributed by atoms with E-state index in [2.05, 4.69) is 5.16 Å². The van der Waals surface area contributed by atoms with Crippen LogP contribution in [0.5, 0.6) is 0 Å². The highest BCUT2D eigenvalue weighted by Crippen LogP contribution is 2.27. The Hall–Kier alpha value is -2.06. The molecule has 1 aliphatic heterocycles. The fourth-order valence-corrected chi connectivity index (χ4v) is 3.35. The second-order valence-electron chi connectivity index (χ2n) is 4.72. The summed E-state index contributed by atoms with van der Waals surface area (Å²) in [6.45, 7) is 0.808. The monoisotopic (exact) mass is 308 g/mol. The number of aromatic nitrogens is 1. The molecule has 7 nitrogen and oxygen atoms in total. The number of hydrogen-bond acceptors (Lipinski definition) is 6. The fourth-order valence-electron chi connectivity index (χ4n) is 2.31. The molecule has 0 unspecified atom stereocenters. The van der Waals surface area contributed by atoms with Gasteiger partial charge in [-0.1, -0.05) is 16.5 Å². The van der Waals surface area contributed by atoms with Crippen LogP contribution in [-0.2, 0) is 16.6 Å². The molecule has 1 aromatic heterocycles. The number of carbonyl (C=O) groups is 1. The minimum absolute atomic E-state index is 0.244. The van der Waals surface area contributed by atoms with Crippen LogP contribution in [0.1, 0.15) is 0 Å². The second kappa shape index (κ2) is 5.38. The average molecular weight is 308 g/mol. The van der Waals surface area contributed by atoms with Crippen LogP contribution in [0.15, 0.2) is 23.4 Å². The Morgan fingerprint density at radius 3 is 3.05 bits per heavy atom. The highest BCUT2D eigenvalue weighted by molar-refractivity contribution is 7.16. The van der Waals surface area contributed by atoms with Crippen LogP contribution in [0.4, 0.5) is 10.5 Å². The lowest BCUT2D eigenvalue weighted by Gasteiger charge is -2.12. The number of fused-ring (bicyclic) bond motifs is 1. The van der Waals surface area contributed by atoms with Crippen LogP contribution in [0.3, 0.4) is 0 Å². The molecule has 3 rings (SSSR count). The zero-order valence-corrected chi connectivity index (χ0v) is 12.6. The first kappa shape index (κ1) is 13.9. The van der Waals surface area contributed by atoms with Crippen molar-refractivity contribution in [1.82, 2.24) is 4.57 Å². The van der Waals surface area contributed by atoms with Gasteiger partial charge in [-0.15, -0.1) is 0 Å². The van der Waals surface area contributed by atoms with Crippen LogP contribution in [0, 0.1) is 0 Å². The summed E-state index contributed by atoms with van der Waals surface area (Å²) in [7, 11) is 3.44. The number of aryl methyl sites for hydroxylation is 1. The van der Waals surface area contributed by atoms with Gasteiger partial charge in [0, 0.05) is 19.3 Å². The molecule has 2 aromatic rings. The zero-order chi connectivity index (χ0) is 15.0. The molecule has 0 aliphatic carbocycles. The normalized spacial score (nSPS) is 19.4. The van der Waals surface area contributed by atoms with Gasteiger partial charge in [0.1, 0.15) is 13.2 Å². The second-order valence-corrected chi connectivity index (χ2v) is 5.73. The molecule has 1 fully saturated rings. The first-order valence-corrected chi connectivity index (χ1v) is 7.30. The number of nitrogens with two attached hydrogens (primary N) is 1. The number of nitrogens with zero attached hydrogens (tertiary/aromatic N) is 3. The molecule has 1 aromatic carbocycles. The minimum atomic E-state index is -0.354. The van der Waals surface area contributed by atoms with E-state index < -0.39 is 0 Å². The Bertz CT molecular complexity index is 751. The van der Waals surface area contributed by atoms with E-state index in [9.17, 15) is 4.79 Å². The predicted molar refractivity (Wildman–Crippen MR) is 80.0 cm³/mol. The summed E-state index contributed by atoms with van der Waals surface area (Å²) in [4.78, 5) is 19.1. The third-order valence-electron chi connectivity index (χ3n) is 3.41. The molecule has 1 saturated heterocycles. The summed E-state index contributed by atoms with van der Waals surface area (Å²) < 4.78 is 8.14. The highest BCUT2D eigenvalue weighted by Gasteiger charge is 2.31. The molecule has 0 bridgehead atoms.